The van der Waals surface area contributed by atoms with Gasteiger partial charge in [-0.3, -0.25) is 14.3 Å². The molecule has 0 radical (unpaired) electrons. The van der Waals surface area contributed by atoms with Crippen LogP contribution in [0.1, 0.15) is 17.2 Å². The second-order valence-electron chi connectivity index (χ2n) is 4.18. The monoisotopic (exact) mass is 276 g/mol. The summed E-state index contributed by atoms with van der Waals surface area (Å²) in [6, 6.07) is 7.29. The molecule has 1 aromatic carbocycles. The lowest BCUT2D eigenvalue weighted by Gasteiger charge is -2.18. The maximum atomic E-state index is 11.9. The first kappa shape index (κ1) is 13.4. The molecule has 0 spiro atoms. The molecule has 1 atom stereocenters. The summed E-state index contributed by atoms with van der Waals surface area (Å²) < 4.78 is 1.36. The summed E-state index contributed by atoms with van der Waals surface area (Å²) in [7, 11) is 0. The number of nitrogens with one attached hydrogen (secondary N) is 1. The fourth-order valence-corrected chi connectivity index (χ4v) is 2.13. The van der Waals surface area contributed by atoms with Crippen molar-refractivity contribution in [1.29, 1.82) is 0 Å². The van der Waals surface area contributed by atoms with Gasteiger partial charge in [0, 0.05) is 6.20 Å². The Labute approximate surface area is 115 Å². The normalized spacial score (nSPS) is 12.1. The van der Waals surface area contributed by atoms with Crippen LogP contribution in [0.25, 0.3) is 0 Å². The molecule has 98 valence electrons. The number of rotatable bonds is 3. The number of benzene rings is 1. The molecule has 19 heavy (non-hydrogen) atoms. The molecule has 1 aromatic heterocycles. The highest BCUT2D eigenvalue weighted by Crippen LogP contribution is 2.21. The fourth-order valence-electron chi connectivity index (χ4n) is 1.98. The quantitative estimate of drug-likeness (QED) is 0.875. The largest absolute Gasteiger partial charge is 0.329 e. The molecule has 0 saturated heterocycles. The molecule has 0 amide bonds. The van der Waals surface area contributed by atoms with Crippen LogP contribution in [0.4, 0.5) is 0 Å². The molecule has 0 aliphatic carbocycles. The maximum Gasteiger partial charge on any atom is 0.329 e. The van der Waals surface area contributed by atoms with Gasteiger partial charge in [0.1, 0.15) is 5.02 Å². The van der Waals surface area contributed by atoms with E-state index in [1.807, 2.05) is 31.2 Å². The van der Waals surface area contributed by atoms with Crippen LogP contribution in [-0.2, 0) is 0 Å². The summed E-state index contributed by atoms with van der Waals surface area (Å²) in [5.74, 6) is 0. The Kier molecular flexibility index (Phi) is 3.71. The van der Waals surface area contributed by atoms with Gasteiger partial charge < -0.3 is 0 Å². The molecule has 2 aromatic rings. The van der Waals surface area contributed by atoms with Gasteiger partial charge in [-0.25, -0.2) is 4.79 Å². The van der Waals surface area contributed by atoms with Gasteiger partial charge in [-0.2, -0.15) is 0 Å². The number of nitrogens with zero attached hydrogens (tertiary/aromatic N) is 1. The summed E-state index contributed by atoms with van der Waals surface area (Å²) in [5, 5.41) is -0.0277. The molecule has 0 bridgehead atoms. The number of aryl methyl sites for hydroxylation is 1. The SMILES string of the molecule is C=CC(c1ccccc1C)n1cc(Cl)c(=O)[nH]c1=O. The van der Waals surface area contributed by atoms with E-state index in [-0.39, 0.29) is 11.1 Å². The van der Waals surface area contributed by atoms with Crippen molar-refractivity contribution in [2.75, 3.05) is 0 Å². The molecule has 1 N–H and O–H groups in total. The standard InChI is InChI=1S/C14H13ClN2O2/c1-3-12(10-7-5-4-6-9(10)2)17-8-11(15)13(18)16-14(17)19/h3-8,12H,1H2,2H3,(H,16,18,19). The number of aromatic nitrogens is 2. The van der Waals surface area contributed by atoms with Crippen LogP contribution in [0.15, 0.2) is 52.7 Å². The lowest BCUT2D eigenvalue weighted by molar-refractivity contribution is 0.642. The minimum Gasteiger partial charge on any atom is -0.288 e. The molecule has 2 rings (SSSR count). The van der Waals surface area contributed by atoms with E-state index < -0.39 is 11.2 Å². The molecular weight excluding hydrogens is 264 g/mol. The van der Waals surface area contributed by atoms with Crippen molar-refractivity contribution >= 4 is 11.6 Å². The van der Waals surface area contributed by atoms with E-state index >= 15 is 0 Å². The highest BCUT2D eigenvalue weighted by molar-refractivity contribution is 6.30. The molecule has 5 heteroatoms. The zero-order valence-electron chi connectivity index (χ0n) is 10.4. The van der Waals surface area contributed by atoms with Crippen LogP contribution in [-0.4, -0.2) is 9.55 Å². The van der Waals surface area contributed by atoms with E-state index in [0.717, 1.165) is 11.1 Å². The van der Waals surface area contributed by atoms with Gasteiger partial charge >= 0.3 is 5.69 Å². The zero-order valence-corrected chi connectivity index (χ0v) is 11.1. The third-order valence-electron chi connectivity index (χ3n) is 2.95. The molecule has 0 aliphatic heterocycles. The Hall–Kier alpha value is -2.07. The molecule has 0 fully saturated rings. The van der Waals surface area contributed by atoms with E-state index in [1.54, 1.807) is 6.08 Å². The van der Waals surface area contributed by atoms with Gasteiger partial charge in [-0.05, 0) is 18.1 Å². The third kappa shape index (κ3) is 2.53. The Morgan fingerprint density at radius 2 is 2.05 bits per heavy atom. The Balaban J connectivity index is 2.65. The molecular formula is C14H13ClN2O2. The van der Waals surface area contributed by atoms with Gasteiger partial charge in [0.25, 0.3) is 5.56 Å². The van der Waals surface area contributed by atoms with Gasteiger partial charge in [-0.1, -0.05) is 41.9 Å². The average molecular weight is 277 g/mol. The lowest BCUT2D eigenvalue weighted by atomic mass is 10.0. The minimum absolute atomic E-state index is 0.0277. The zero-order chi connectivity index (χ0) is 14.0. The summed E-state index contributed by atoms with van der Waals surface area (Å²) >= 11 is 5.78. The topological polar surface area (TPSA) is 54.9 Å². The van der Waals surface area contributed by atoms with E-state index in [2.05, 4.69) is 11.6 Å². The van der Waals surface area contributed by atoms with Crippen LogP contribution < -0.4 is 11.2 Å². The average Bonchev–Trinajstić information content (AvgIpc) is 2.38. The summed E-state index contributed by atoms with van der Waals surface area (Å²) in [6.07, 6.45) is 2.97. The summed E-state index contributed by atoms with van der Waals surface area (Å²) in [6.45, 7) is 5.70. The first-order chi connectivity index (χ1) is 9.04. The van der Waals surface area contributed by atoms with Crippen molar-refractivity contribution in [1.82, 2.24) is 9.55 Å². The second kappa shape index (κ2) is 5.28. The number of aromatic amines is 1. The smallest absolute Gasteiger partial charge is 0.288 e. The second-order valence-corrected chi connectivity index (χ2v) is 4.59. The van der Waals surface area contributed by atoms with Crippen LogP contribution in [0.5, 0.6) is 0 Å². The first-order valence-corrected chi connectivity index (χ1v) is 6.11. The molecule has 1 unspecified atom stereocenters. The Morgan fingerprint density at radius 3 is 2.68 bits per heavy atom. The van der Waals surface area contributed by atoms with Crippen LogP contribution in [0.3, 0.4) is 0 Å². The number of hydrogen-bond donors (Lipinski definition) is 1. The van der Waals surface area contributed by atoms with Gasteiger partial charge in [-0.15, -0.1) is 6.58 Å². The van der Waals surface area contributed by atoms with E-state index in [9.17, 15) is 9.59 Å². The minimum atomic E-state index is -0.587. The molecule has 4 nitrogen and oxygen atoms in total. The van der Waals surface area contributed by atoms with Crippen LogP contribution in [0.2, 0.25) is 5.02 Å². The highest BCUT2D eigenvalue weighted by atomic mass is 35.5. The highest BCUT2D eigenvalue weighted by Gasteiger charge is 2.14. The van der Waals surface area contributed by atoms with Crippen molar-refractivity contribution in [3.05, 3.63) is 80.1 Å². The predicted molar refractivity (Wildman–Crippen MR) is 75.8 cm³/mol. The van der Waals surface area contributed by atoms with Crippen molar-refractivity contribution in [2.45, 2.75) is 13.0 Å². The summed E-state index contributed by atoms with van der Waals surface area (Å²) in [5.41, 5.74) is 0.863. The fraction of sp³-hybridized carbons (Fsp3) is 0.143. The maximum absolute atomic E-state index is 11.9. The molecule has 0 saturated carbocycles. The third-order valence-corrected chi connectivity index (χ3v) is 3.22. The van der Waals surface area contributed by atoms with E-state index in [0.29, 0.717) is 0 Å². The van der Waals surface area contributed by atoms with E-state index in [1.165, 1.54) is 10.8 Å². The Morgan fingerprint density at radius 1 is 1.37 bits per heavy atom. The predicted octanol–water partition coefficient (Wildman–Crippen LogP) is 2.27. The van der Waals surface area contributed by atoms with Crippen molar-refractivity contribution in [3.63, 3.8) is 0 Å². The molecule has 1 heterocycles. The number of H-pyrrole nitrogens is 1. The first-order valence-electron chi connectivity index (χ1n) is 5.73. The van der Waals surface area contributed by atoms with Gasteiger partial charge in [0.15, 0.2) is 0 Å². The van der Waals surface area contributed by atoms with Gasteiger partial charge in [0.2, 0.25) is 0 Å². The van der Waals surface area contributed by atoms with Crippen molar-refractivity contribution < 1.29 is 0 Å². The van der Waals surface area contributed by atoms with Crippen molar-refractivity contribution in [2.24, 2.45) is 0 Å². The van der Waals surface area contributed by atoms with E-state index in [4.69, 9.17) is 11.6 Å². The summed E-state index contributed by atoms with van der Waals surface area (Å²) in [4.78, 5) is 25.3. The van der Waals surface area contributed by atoms with Crippen molar-refractivity contribution in [3.8, 4) is 0 Å². The Bertz CT molecular complexity index is 731. The molecule has 0 aliphatic rings. The van der Waals surface area contributed by atoms with Crippen LogP contribution in [0, 0.1) is 6.92 Å². The number of hydrogen-bond acceptors (Lipinski definition) is 2. The van der Waals surface area contributed by atoms with Crippen LogP contribution >= 0.6 is 11.6 Å². The number of halogens is 1. The lowest BCUT2D eigenvalue weighted by Crippen LogP contribution is -2.32. The van der Waals surface area contributed by atoms with Gasteiger partial charge in [0.05, 0.1) is 6.04 Å². The number of allylic oxidation sites excluding steroid dienone is 1.